The van der Waals surface area contributed by atoms with Crippen molar-refractivity contribution < 1.29 is 18.3 Å². The zero-order valence-corrected chi connectivity index (χ0v) is 15.5. The summed E-state index contributed by atoms with van der Waals surface area (Å²) in [5, 5.41) is 2.86. The zero-order valence-electron chi connectivity index (χ0n) is 15.5. The van der Waals surface area contributed by atoms with E-state index in [0.29, 0.717) is 11.6 Å². The number of nitrogens with one attached hydrogen (secondary N) is 1. The number of carbonyl (C=O) groups is 1. The summed E-state index contributed by atoms with van der Waals surface area (Å²) < 4.78 is 30.0. The second kappa shape index (κ2) is 8.46. The Labute approximate surface area is 158 Å². The Bertz CT molecular complexity index is 807. The van der Waals surface area contributed by atoms with Gasteiger partial charge in [-0.1, -0.05) is 13.0 Å². The first-order chi connectivity index (χ1) is 12.9. The van der Waals surface area contributed by atoms with Gasteiger partial charge in [0, 0.05) is 12.1 Å². The Morgan fingerprint density at radius 1 is 1.30 bits per heavy atom. The number of aryl methyl sites for hydroxylation is 1. The van der Waals surface area contributed by atoms with Gasteiger partial charge in [0.25, 0.3) is 6.43 Å². The molecule has 1 aromatic heterocycles. The normalized spacial score (nSPS) is 14.9. The summed E-state index contributed by atoms with van der Waals surface area (Å²) in [4.78, 5) is 16.1. The molecule has 1 atom stereocenters. The molecule has 1 unspecified atom stereocenters. The maximum atomic E-state index is 12.4. The summed E-state index contributed by atoms with van der Waals surface area (Å²) in [5.41, 5.74) is 3.05. The highest BCUT2D eigenvalue weighted by Crippen LogP contribution is 2.30. The molecule has 0 spiro atoms. The molecule has 1 aliphatic carbocycles. The lowest BCUT2D eigenvalue weighted by Gasteiger charge is -2.16. The highest BCUT2D eigenvalue weighted by Gasteiger charge is 2.29. The van der Waals surface area contributed by atoms with Crippen LogP contribution < -0.4 is 10.1 Å². The summed E-state index contributed by atoms with van der Waals surface area (Å²) in [6.45, 7) is 3.39. The topological polar surface area (TPSA) is 51.2 Å². The SMILES string of the molecule is Cc1cc(OCC(F)F)cc(C(C)Cc2ccnc(NC(=O)C3CC3)c2)c1. The quantitative estimate of drug-likeness (QED) is 0.727. The third-order valence-corrected chi connectivity index (χ3v) is 4.58. The van der Waals surface area contributed by atoms with E-state index >= 15 is 0 Å². The van der Waals surface area contributed by atoms with E-state index in [1.165, 1.54) is 0 Å². The van der Waals surface area contributed by atoms with Crippen LogP contribution in [0, 0.1) is 12.8 Å². The molecule has 144 valence electrons. The summed E-state index contributed by atoms with van der Waals surface area (Å²) >= 11 is 0. The van der Waals surface area contributed by atoms with Gasteiger partial charge in [-0.05, 0) is 73.1 Å². The fourth-order valence-electron chi connectivity index (χ4n) is 3.02. The molecule has 4 nitrogen and oxygen atoms in total. The highest BCUT2D eigenvalue weighted by atomic mass is 19.3. The molecular weight excluding hydrogens is 350 g/mol. The monoisotopic (exact) mass is 374 g/mol. The van der Waals surface area contributed by atoms with E-state index in [1.807, 2.05) is 31.2 Å². The van der Waals surface area contributed by atoms with E-state index in [2.05, 4.69) is 17.2 Å². The fourth-order valence-corrected chi connectivity index (χ4v) is 3.02. The lowest BCUT2D eigenvalue weighted by atomic mass is 9.93. The number of alkyl halides is 2. The van der Waals surface area contributed by atoms with Crippen molar-refractivity contribution >= 4 is 11.7 Å². The minimum Gasteiger partial charge on any atom is -0.488 e. The number of rotatable bonds is 8. The van der Waals surface area contributed by atoms with Crippen molar-refractivity contribution in [2.45, 2.75) is 45.5 Å². The number of pyridine rings is 1. The number of aromatic nitrogens is 1. The highest BCUT2D eigenvalue weighted by molar-refractivity contribution is 5.93. The molecule has 27 heavy (non-hydrogen) atoms. The number of hydrogen-bond acceptors (Lipinski definition) is 3. The smallest absolute Gasteiger partial charge is 0.272 e. The maximum absolute atomic E-state index is 12.4. The Balaban J connectivity index is 1.67. The zero-order chi connectivity index (χ0) is 19.4. The standard InChI is InChI=1S/C21H24F2N2O2/c1-13-7-17(11-18(8-13)27-12-19(22)23)14(2)9-15-5-6-24-20(10-15)25-21(26)16-3-4-16/h5-8,10-11,14,16,19H,3-4,9,12H2,1-2H3,(H,24,25,26). The Morgan fingerprint density at radius 2 is 2.07 bits per heavy atom. The van der Waals surface area contributed by atoms with Crippen LogP contribution in [0.4, 0.5) is 14.6 Å². The van der Waals surface area contributed by atoms with Gasteiger partial charge in [0.15, 0.2) is 0 Å². The van der Waals surface area contributed by atoms with Gasteiger partial charge in [0.1, 0.15) is 18.2 Å². The molecule has 1 aliphatic rings. The average molecular weight is 374 g/mol. The van der Waals surface area contributed by atoms with Gasteiger partial charge in [0.2, 0.25) is 5.91 Å². The predicted octanol–water partition coefficient (Wildman–Crippen LogP) is 4.73. The molecule has 0 radical (unpaired) electrons. The second-order valence-corrected chi connectivity index (χ2v) is 7.20. The van der Waals surface area contributed by atoms with E-state index in [4.69, 9.17) is 4.74 Å². The van der Waals surface area contributed by atoms with Gasteiger partial charge in [-0.15, -0.1) is 0 Å². The Hall–Kier alpha value is -2.50. The van der Waals surface area contributed by atoms with Crippen molar-refractivity contribution in [2.75, 3.05) is 11.9 Å². The van der Waals surface area contributed by atoms with Crippen LogP contribution in [-0.4, -0.2) is 23.9 Å². The maximum Gasteiger partial charge on any atom is 0.272 e. The van der Waals surface area contributed by atoms with Gasteiger partial charge in [0.05, 0.1) is 0 Å². The van der Waals surface area contributed by atoms with E-state index in [-0.39, 0.29) is 17.7 Å². The molecule has 1 saturated carbocycles. The molecule has 1 amide bonds. The fraction of sp³-hybridized carbons (Fsp3) is 0.429. The molecule has 0 bridgehead atoms. The van der Waals surface area contributed by atoms with E-state index in [0.717, 1.165) is 36.0 Å². The minimum absolute atomic E-state index is 0.0344. The third kappa shape index (κ3) is 5.74. The second-order valence-electron chi connectivity index (χ2n) is 7.20. The number of halogens is 2. The van der Waals surface area contributed by atoms with Crippen molar-refractivity contribution in [1.29, 1.82) is 0 Å². The summed E-state index contributed by atoms with van der Waals surface area (Å²) in [7, 11) is 0. The number of benzene rings is 1. The molecule has 1 fully saturated rings. The van der Waals surface area contributed by atoms with Crippen LogP contribution >= 0.6 is 0 Å². The average Bonchev–Trinajstić information content (AvgIpc) is 3.45. The van der Waals surface area contributed by atoms with Crippen LogP contribution in [0.2, 0.25) is 0 Å². The van der Waals surface area contributed by atoms with Gasteiger partial charge < -0.3 is 10.1 Å². The number of amides is 1. The minimum atomic E-state index is -2.49. The molecule has 1 aromatic carbocycles. The first-order valence-corrected chi connectivity index (χ1v) is 9.19. The van der Waals surface area contributed by atoms with Crippen LogP contribution in [0.25, 0.3) is 0 Å². The first kappa shape index (κ1) is 19.3. The van der Waals surface area contributed by atoms with Crippen LogP contribution in [-0.2, 0) is 11.2 Å². The molecule has 2 aromatic rings. The Kier molecular flexibility index (Phi) is 6.04. The predicted molar refractivity (Wildman–Crippen MR) is 100 cm³/mol. The third-order valence-electron chi connectivity index (χ3n) is 4.58. The molecule has 0 aliphatic heterocycles. The lowest BCUT2D eigenvalue weighted by molar-refractivity contribution is -0.117. The molecule has 1 N–H and O–H groups in total. The van der Waals surface area contributed by atoms with Crippen LogP contribution in [0.3, 0.4) is 0 Å². The van der Waals surface area contributed by atoms with Gasteiger partial charge in [-0.2, -0.15) is 0 Å². The molecular formula is C21H24F2N2O2. The van der Waals surface area contributed by atoms with E-state index in [1.54, 1.807) is 12.3 Å². The van der Waals surface area contributed by atoms with Crippen LogP contribution in [0.5, 0.6) is 5.75 Å². The van der Waals surface area contributed by atoms with E-state index < -0.39 is 13.0 Å². The van der Waals surface area contributed by atoms with Crippen molar-refractivity contribution in [3.8, 4) is 5.75 Å². The van der Waals surface area contributed by atoms with Gasteiger partial charge in [-0.25, -0.2) is 13.8 Å². The molecule has 1 heterocycles. The number of nitrogens with zero attached hydrogens (tertiary/aromatic N) is 1. The molecule has 0 saturated heterocycles. The number of hydrogen-bond donors (Lipinski definition) is 1. The molecule has 3 rings (SSSR count). The van der Waals surface area contributed by atoms with E-state index in [9.17, 15) is 13.6 Å². The van der Waals surface area contributed by atoms with Crippen molar-refractivity contribution in [2.24, 2.45) is 5.92 Å². The summed E-state index contributed by atoms with van der Waals surface area (Å²) in [5.74, 6) is 1.36. The number of anilines is 1. The summed E-state index contributed by atoms with van der Waals surface area (Å²) in [6, 6.07) is 9.43. The van der Waals surface area contributed by atoms with Gasteiger partial charge in [-0.3, -0.25) is 4.79 Å². The summed E-state index contributed by atoms with van der Waals surface area (Å²) in [6.07, 6.45) is 1.84. The van der Waals surface area contributed by atoms with Crippen molar-refractivity contribution in [3.63, 3.8) is 0 Å². The Morgan fingerprint density at radius 3 is 2.78 bits per heavy atom. The largest absolute Gasteiger partial charge is 0.488 e. The number of carbonyl (C=O) groups excluding carboxylic acids is 1. The van der Waals surface area contributed by atoms with Gasteiger partial charge >= 0.3 is 0 Å². The first-order valence-electron chi connectivity index (χ1n) is 9.19. The lowest BCUT2D eigenvalue weighted by Crippen LogP contribution is -2.14. The van der Waals surface area contributed by atoms with Crippen LogP contribution in [0.1, 0.15) is 42.4 Å². The number of ether oxygens (including phenoxy) is 1. The van der Waals surface area contributed by atoms with Crippen molar-refractivity contribution in [1.82, 2.24) is 4.98 Å². The van der Waals surface area contributed by atoms with Crippen LogP contribution in [0.15, 0.2) is 36.5 Å². The molecule has 6 heteroatoms. The van der Waals surface area contributed by atoms with Crippen molar-refractivity contribution in [3.05, 3.63) is 53.2 Å².